The van der Waals surface area contributed by atoms with E-state index in [0.29, 0.717) is 17.7 Å². The van der Waals surface area contributed by atoms with Gasteiger partial charge in [0.05, 0.1) is 12.3 Å². The van der Waals surface area contributed by atoms with Crippen LogP contribution in [0.25, 0.3) is 11.5 Å². The summed E-state index contributed by atoms with van der Waals surface area (Å²) in [6.07, 6.45) is 0. The summed E-state index contributed by atoms with van der Waals surface area (Å²) >= 11 is 1.23. The van der Waals surface area contributed by atoms with Crippen molar-refractivity contribution >= 4 is 23.4 Å². The fraction of sp³-hybridized carbons (Fsp3) is 0.381. The number of anilines is 1. The van der Waals surface area contributed by atoms with Crippen molar-refractivity contribution in [3.63, 3.8) is 0 Å². The molecule has 0 bridgehead atoms. The van der Waals surface area contributed by atoms with Gasteiger partial charge in [0.1, 0.15) is 11.5 Å². The number of thioether (sulfide) groups is 1. The lowest BCUT2D eigenvalue weighted by Gasteiger charge is -2.20. The van der Waals surface area contributed by atoms with E-state index in [9.17, 15) is 4.79 Å². The minimum absolute atomic E-state index is 0.0348. The fourth-order valence-electron chi connectivity index (χ4n) is 2.91. The highest BCUT2D eigenvalue weighted by molar-refractivity contribution is 7.99. The molecule has 0 radical (unpaired) electrons. The summed E-state index contributed by atoms with van der Waals surface area (Å²) in [7, 11) is 1.75. The topological polar surface area (TPSA) is 75.6 Å². The summed E-state index contributed by atoms with van der Waals surface area (Å²) in [5.41, 5.74) is 2.02. The zero-order valence-electron chi connectivity index (χ0n) is 17.2. The number of amides is 1. The highest BCUT2D eigenvalue weighted by Gasteiger charge is 2.15. The van der Waals surface area contributed by atoms with Crippen molar-refractivity contribution in [3.8, 4) is 11.5 Å². The molecule has 0 saturated heterocycles. The number of aromatic nitrogens is 2. The number of hydrogen-bond acceptors (Lipinski definition) is 7. The van der Waals surface area contributed by atoms with Crippen LogP contribution in [0.5, 0.6) is 0 Å². The molecule has 0 aliphatic carbocycles. The van der Waals surface area contributed by atoms with E-state index in [4.69, 9.17) is 8.83 Å². The van der Waals surface area contributed by atoms with Crippen LogP contribution in [-0.4, -0.2) is 46.9 Å². The van der Waals surface area contributed by atoms with Gasteiger partial charge < -0.3 is 18.6 Å². The van der Waals surface area contributed by atoms with E-state index in [0.717, 1.165) is 35.9 Å². The first-order valence-electron chi connectivity index (χ1n) is 9.61. The predicted molar refractivity (Wildman–Crippen MR) is 114 cm³/mol. The van der Waals surface area contributed by atoms with Gasteiger partial charge in [-0.25, -0.2) is 0 Å². The SMILES string of the molecule is CCN(CC)c1ccc(-c2nnc(SCC(=O)N(C)Cc3ccc(C)o3)o2)cc1. The van der Waals surface area contributed by atoms with E-state index in [1.165, 1.54) is 11.8 Å². The van der Waals surface area contributed by atoms with Crippen LogP contribution in [0, 0.1) is 6.92 Å². The molecule has 0 fully saturated rings. The molecule has 0 atom stereocenters. The highest BCUT2D eigenvalue weighted by atomic mass is 32.2. The number of benzene rings is 1. The zero-order chi connectivity index (χ0) is 20.8. The molecule has 0 saturated carbocycles. The second-order valence-corrected chi connectivity index (χ2v) is 7.57. The average molecular weight is 415 g/mol. The Hall–Kier alpha value is -2.74. The number of aryl methyl sites for hydroxylation is 1. The number of nitrogens with zero attached hydrogens (tertiary/aromatic N) is 4. The van der Waals surface area contributed by atoms with E-state index >= 15 is 0 Å². The van der Waals surface area contributed by atoms with Crippen molar-refractivity contribution in [2.24, 2.45) is 0 Å². The summed E-state index contributed by atoms with van der Waals surface area (Å²) in [6, 6.07) is 11.8. The highest BCUT2D eigenvalue weighted by Crippen LogP contribution is 2.25. The zero-order valence-corrected chi connectivity index (χ0v) is 18.0. The van der Waals surface area contributed by atoms with Crippen molar-refractivity contribution in [3.05, 3.63) is 47.9 Å². The molecule has 0 aliphatic rings. The van der Waals surface area contributed by atoms with Gasteiger partial charge in [-0.15, -0.1) is 10.2 Å². The van der Waals surface area contributed by atoms with Crippen molar-refractivity contribution in [1.82, 2.24) is 15.1 Å². The summed E-state index contributed by atoms with van der Waals surface area (Å²) in [4.78, 5) is 16.2. The van der Waals surface area contributed by atoms with E-state index < -0.39 is 0 Å². The number of carbonyl (C=O) groups excluding carboxylic acids is 1. The normalized spacial score (nSPS) is 10.9. The molecule has 29 heavy (non-hydrogen) atoms. The van der Waals surface area contributed by atoms with Crippen molar-refractivity contribution in [2.45, 2.75) is 32.5 Å². The molecule has 7 nitrogen and oxygen atoms in total. The molecule has 8 heteroatoms. The molecule has 2 heterocycles. The second kappa shape index (κ2) is 9.65. The van der Waals surface area contributed by atoms with E-state index in [-0.39, 0.29) is 11.7 Å². The van der Waals surface area contributed by atoms with E-state index in [2.05, 4.69) is 28.9 Å². The molecular formula is C21H26N4O3S. The molecule has 2 aromatic heterocycles. The summed E-state index contributed by atoms with van der Waals surface area (Å²) in [6.45, 7) is 8.49. The van der Waals surface area contributed by atoms with Gasteiger partial charge in [0.2, 0.25) is 11.8 Å². The third-order valence-electron chi connectivity index (χ3n) is 4.58. The van der Waals surface area contributed by atoms with Crippen LogP contribution in [0.4, 0.5) is 5.69 Å². The lowest BCUT2D eigenvalue weighted by atomic mass is 10.2. The Balaban J connectivity index is 1.55. The Morgan fingerprint density at radius 1 is 1.03 bits per heavy atom. The third kappa shape index (κ3) is 5.41. The molecule has 0 unspecified atom stereocenters. The van der Waals surface area contributed by atoms with Crippen molar-refractivity contribution in [1.29, 1.82) is 0 Å². The maximum atomic E-state index is 12.3. The molecule has 1 aromatic carbocycles. The van der Waals surface area contributed by atoms with Crippen molar-refractivity contribution in [2.75, 3.05) is 30.8 Å². The van der Waals surface area contributed by atoms with Crippen LogP contribution in [-0.2, 0) is 11.3 Å². The van der Waals surface area contributed by atoms with Crippen LogP contribution >= 0.6 is 11.8 Å². The summed E-state index contributed by atoms with van der Waals surface area (Å²) < 4.78 is 11.2. The van der Waals surface area contributed by atoms with Gasteiger partial charge in [-0.1, -0.05) is 11.8 Å². The molecule has 0 spiro atoms. The molecule has 0 N–H and O–H groups in total. The van der Waals surface area contributed by atoms with Crippen LogP contribution in [0.15, 0.2) is 50.5 Å². The van der Waals surface area contributed by atoms with Gasteiger partial charge in [-0.05, 0) is 57.2 Å². The Morgan fingerprint density at radius 2 is 1.76 bits per heavy atom. The summed E-state index contributed by atoms with van der Waals surface area (Å²) in [5, 5.41) is 8.53. The Kier molecular flexibility index (Phi) is 6.98. The number of hydrogen-bond donors (Lipinski definition) is 0. The van der Waals surface area contributed by atoms with E-state index in [1.807, 2.05) is 43.3 Å². The maximum absolute atomic E-state index is 12.3. The third-order valence-corrected chi connectivity index (χ3v) is 5.39. The smallest absolute Gasteiger partial charge is 0.277 e. The maximum Gasteiger partial charge on any atom is 0.277 e. The largest absolute Gasteiger partial charge is 0.464 e. The van der Waals surface area contributed by atoms with Crippen molar-refractivity contribution < 1.29 is 13.6 Å². The molecular weight excluding hydrogens is 388 g/mol. The lowest BCUT2D eigenvalue weighted by Crippen LogP contribution is -2.27. The standard InChI is InChI=1S/C21H26N4O3S/c1-5-25(6-2)17-10-8-16(9-11-17)20-22-23-21(28-20)29-14-19(26)24(4)13-18-12-7-15(3)27-18/h7-12H,5-6,13-14H2,1-4H3. The minimum Gasteiger partial charge on any atom is -0.464 e. The van der Waals surface area contributed by atoms with Gasteiger partial charge in [-0.3, -0.25) is 4.79 Å². The Labute approximate surface area is 175 Å². The fourth-order valence-corrected chi connectivity index (χ4v) is 3.62. The monoisotopic (exact) mass is 414 g/mol. The first-order chi connectivity index (χ1) is 14.0. The minimum atomic E-state index is -0.0348. The van der Waals surface area contributed by atoms with E-state index in [1.54, 1.807) is 11.9 Å². The predicted octanol–water partition coefficient (Wildman–Crippen LogP) is 4.23. The number of furan rings is 1. The number of carbonyl (C=O) groups is 1. The Bertz CT molecular complexity index is 932. The lowest BCUT2D eigenvalue weighted by molar-refractivity contribution is -0.127. The summed E-state index contributed by atoms with van der Waals surface area (Å²) in [5.74, 6) is 2.23. The van der Waals surface area contributed by atoms with Gasteiger partial charge in [0.15, 0.2) is 0 Å². The quantitative estimate of drug-likeness (QED) is 0.485. The number of rotatable bonds is 9. The molecule has 3 aromatic rings. The van der Waals surface area contributed by atoms with Gasteiger partial charge >= 0.3 is 0 Å². The van der Waals surface area contributed by atoms with Crippen LogP contribution in [0.1, 0.15) is 25.4 Å². The second-order valence-electron chi connectivity index (χ2n) is 6.64. The van der Waals surface area contributed by atoms with Crippen LogP contribution in [0.2, 0.25) is 0 Å². The van der Waals surface area contributed by atoms with Gasteiger partial charge in [-0.2, -0.15) is 0 Å². The molecule has 154 valence electrons. The average Bonchev–Trinajstić information content (AvgIpc) is 3.36. The van der Waals surface area contributed by atoms with Gasteiger partial charge in [0, 0.05) is 31.4 Å². The molecule has 3 rings (SSSR count). The van der Waals surface area contributed by atoms with Crippen LogP contribution in [0.3, 0.4) is 0 Å². The Morgan fingerprint density at radius 3 is 2.38 bits per heavy atom. The van der Waals surface area contributed by atoms with Gasteiger partial charge in [0.25, 0.3) is 5.22 Å². The first kappa shape index (κ1) is 21.0. The van der Waals surface area contributed by atoms with Crippen LogP contribution < -0.4 is 4.90 Å². The molecule has 0 aliphatic heterocycles. The molecule has 1 amide bonds. The first-order valence-corrected chi connectivity index (χ1v) is 10.6.